The Morgan fingerprint density at radius 1 is 0.733 bits per heavy atom. The van der Waals surface area contributed by atoms with Crippen molar-refractivity contribution in [3.8, 4) is 0 Å². The van der Waals surface area contributed by atoms with Gasteiger partial charge in [0.05, 0.1) is 0 Å². The highest BCUT2D eigenvalue weighted by atomic mass is 31.2. The maximum atomic E-state index is 15.0. The third kappa shape index (κ3) is 3.87. The van der Waals surface area contributed by atoms with Crippen molar-refractivity contribution in [3.63, 3.8) is 0 Å². The Hall–Kier alpha value is -2.63. The highest BCUT2D eigenvalue weighted by molar-refractivity contribution is 7.83. The fraction of sp³-hybridized carbons (Fsp3) is 0.214. The van der Waals surface area contributed by atoms with E-state index in [4.69, 9.17) is 0 Å². The molecule has 0 bridgehead atoms. The summed E-state index contributed by atoms with van der Waals surface area (Å²) in [6.45, 7) is 6.69. The Labute approximate surface area is 180 Å². The van der Waals surface area contributed by atoms with E-state index in [1.165, 1.54) is 36.0 Å². The molecule has 1 aliphatic rings. The van der Waals surface area contributed by atoms with E-state index in [9.17, 15) is 4.57 Å². The summed E-state index contributed by atoms with van der Waals surface area (Å²) in [6, 6.07) is 28.2. The van der Waals surface area contributed by atoms with Crippen LogP contribution in [0.4, 0.5) is 0 Å². The lowest BCUT2D eigenvalue weighted by Crippen LogP contribution is -2.18. The van der Waals surface area contributed by atoms with Gasteiger partial charge in [-0.15, -0.1) is 0 Å². The molecule has 1 nitrogen and oxygen atoms in total. The normalized spacial score (nSPS) is 14.4. The van der Waals surface area contributed by atoms with Crippen LogP contribution in [0.15, 0.2) is 102 Å². The van der Waals surface area contributed by atoms with E-state index in [1.807, 2.05) is 60.7 Å². The molecule has 4 rings (SSSR count). The molecule has 0 radical (unpaired) electrons. The Morgan fingerprint density at radius 3 is 1.77 bits per heavy atom. The molecule has 152 valence electrons. The molecule has 2 heteroatoms. The summed E-state index contributed by atoms with van der Waals surface area (Å²) >= 11 is 0. The van der Waals surface area contributed by atoms with Gasteiger partial charge in [-0.25, -0.2) is 0 Å². The largest absolute Gasteiger partial charge is 0.309 e. The smallest absolute Gasteiger partial charge is 0.171 e. The molecule has 3 aromatic carbocycles. The van der Waals surface area contributed by atoms with Crippen molar-refractivity contribution in [2.75, 3.05) is 0 Å². The Balaban J connectivity index is 1.97. The summed E-state index contributed by atoms with van der Waals surface area (Å²) < 4.78 is 15.0. The third-order valence-corrected chi connectivity index (χ3v) is 9.17. The second kappa shape index (κ2) is 9.02. The minimum Gasteiger partial charge on any atom is -0.309 e. The summed E-state index contributed by atoms with van der Waals surface area (Å²) in [5.74, 6) is 0. The molecule has 1 saturated carbocycles. The van der Waals surface area contributed by atoms with Crippen LogP contribution >= 0.6 is 7.14 Å². The molecule has 1 fully saturated rings. The van der Waals surface area contributed by atoms with Gasteiger partial charge in [0.25, 0.3) is 0 Å². The van der Waals surface area contributed by atoms with Crippen molar-refractivity contribution in [2.45, 2.75) is 39.0 Å². The fourth-order valence-electron chi connectivity index (χ4n) is 4.53. The zero-order valence-electron chi connectivity index (χ0n) is 17.7. The molecular weight excluding hydrogens is 383 g/mol. The van der Waals surface area contributed by atoms with Crippen molar-refractivity contribution in [1.29, 1.82) is 0 Å². The molecule has 30 heavy (non-hydrogen) atoms. The highest BCUT2D eigenvalue weighted by Crippen LogP contribution is 2.57. The Morgan fingerprint density at radius 2 is 1.23 bits per heavy atom. The lowest BCUT2D eigenvalue weighted by Gasteiger charge is -2.28. The number of aryl methyl sites for hydroxylation is 1. The molecule has 0 spiro atoms. The summed E-state index contributed by atoms with van der Waals surface area (Å²) in [4.78, 5) is 0. The van der Waals surface area contributed by atoms with Crippen LogP contribution in [-0.2, 0) is 4.57 Å². The first-order valence-corrected chi connectivity index (χ1v) is 12.5. The molecule has 0 heterocycles. The third-order valence-electron chi connectivity index (χ3n) is 6.13. The van der Waals surface area contributed by atoms with Crippen LogP contribution in [0.2, 0.25) is 0 Å². The predicted molar refractivity (Wildman–Crippen MR) is 130 cm³/mol. The number of hydrogen-bond acceptors (Lipinski definition) is 1. The minimum atomic E-state index is -3.08. The summed E-state index contributed by atoms with van der Waals surface area (Å²) in [5, 5.41) is 2.47. The number of allylic oxidation sites excluding steroid dienone is 3. The maximum absolute atomic E-state index is 15.0. The van der Waals surface area contributed by atoms with E-state index in [0.717, 1.165) is 34.3 Å². The number of benzene rings is 3. The van der Waals surface area contributed by atoms with E-state index >= 15 is 0 Å². The molecule has 0 unspecified atom stereocenters. The van der Waals surface area contributed by atoms with Gasteiger partial charge in [0.15, 0.2) is 7.14 Å². The van der Waals surface area contributed by atoms with Crippen LogP contribution in [0.3, 0.4) is 0 Å². The van der Waals surface area contributed by atoms with E-state index < -0.39 is 7.14 Å². The first-order valence-electron chi connectivity index (χ1n) is 10.8. The zero-order chi connectivity index (χ0) is 21.0. The maximum Gasteiger partial charge on any atom is 0.171 e. The molecule has 0 amide bonds. The highest BCUT2D eigenvalue weighted by Gasteiger charge is 2.34. The first kappa shape index (κ1) is 20.6. The molecule has 0 N–H and O–H groups in total. The molecule has 3 aromatic rings. The van der Waals surface area contributed by atoms with Gasteiger partial charge in [0.1, 0.15) is 0 Å². The van der Waals surface area contributed by atoms with E-state index in [1.54, 1.807) is 0 Å². The van der Waals surface area contributed by atoms with Crippen molar-refractivity contribution < 1.29 is 4.57 Å². The SMILES string of the molecule is C=C(C(=C1CCCCC1)c1ccccc1C)P(=O)(c1ccccc1)c1ccccc1. The quantitative estimate of drug-likeness (QED) is 0.404. The van der Waals surface area contributed by atoms with Crippen LogP contribution in [0.1, 0.15) is 43.2 Å². The minimum absolute atomic E-state index is 0.770. The Bertz CT molecular complexity index is 1060. The molecular formula is C28H29OP. The first-order chi connectivity index (χ1) is 14.6. The Kier molecular flexibility index (Phi) is 6.21. The summed E-state index contributed by atoms with van der Waals surface area (Å²) in [7, 11) is -3.08. The standard InChI is InChI=1S/C28H29OP/c1-22-14-12-13-21-27(22)28(24-15-6-3-7-16-24)23(2)30(29,25-17-8-4-9-18-25)26-19-10-5-11-20-26/h4-5,8-14,17-21H,2-3,6-7,15-16H2,1H3. The van der Waals surface area contributed by atoms with Crippen LogP contribution in [0.25, 0.3) is 5.57 Å². The van der Waals surface area contributed by atoms with Gasteiger partial charge in [-0.05, 0) is 49.3 Å². The second-order valence-electron chi connectivity index (χ2n) is 8.08. The fourth-order valence-corrected chi connectivity index (χ4v) is 7.22. The van der Waals surface area contributed by atoms with Crippen LogP contribution in [-0.4, -0.2) is 0 Å². The van der Waals surface area contributed by atoms with Gasteiger partial charge in [-0.3, -0.25) is 0 Å². The number of hydrogen-bond donors (Lipinski definition) is 0. The molecule has 0 aromatic heterocycles. The van der Waals surface area contributed by atoms with E-state index in [-0.39, 0.29) is 0 Å². The van der Waals surface area contributed by atoms with Gasteiger partial charge in [-0.1, -0.05) is 104 Å². The van der Waals surface area contributed by atoms with Gasteiger partial charge >= 0.3 is 0 Å². The van der Waals surface area contributed by atoms with E-state index in [0.29, 0.717) is 0 Å². The zero-order valence-corrected chi connectivity index (χ0v) is 18.6. The average molecular weight is 413 g/mol. The monoisotopic (exact) mass is 412 g/mol. The lowest BCUT2D eigenvalue weighted by molar-refractivity contribution is 0.590. The molecule has 0 aliphatic heterocycles. The lowest BCUT2D eigenvalue weighted by atomic mass is 9.87. The molecule has 1 aliphatic carbocycles. The van der Waals surface area contributed by atoms with Crippen molar-refractivity contribution in [3.05, 3.63) is 114 Å². The number of rotatable bonds is 5. The van der Waals surface area contributed by atoms with E-state index in [2.05, 4.69) is 37.8 Å². The van der Waals surface area contributed by atoms with Crippen LogP contribution in [0.5, 0.6) is 0 Å². The average Bonchev–Trinajstić information content (AvgIpc) is 2.82. The van der Waals surface area contributed by atoms with Crippen molar-refractivity contribution >= 4 is 23.3 Å². The van der Waals surface area contributed by atoms with Crippen molar-refractivity contribution in [1.82, 2.24) is 0 Å². The van der Waals surface area contributed by atoms with Crippen molar-refractivity contribution in [2.24, 2.45) is 0 Å². The van der Waals surface area contributed by atoms with Crippen LogP contribution < -0.4 is 10.6 Å². The van der Waals surface area contributed by atoms with Gasteiger partial charge in [0.2, 0.25) is 0 Å². The predicted octanol–water partition coefficient (Wildman–Crippen LogP) is 7.24. The second-order valence-corrected chi connectivity index (χ2v) is 10.9. The summed E-state index contributed by atoms with van der Waals surface area (Å²) in [5.41, 5.74) is 4.92. The van der Waals surface area contributed by atoms with Gasteiger partial charge < -0.3 is 4.57 Å². The topological polar surface area (TPSA) is 17.1 Å². The summed E-state index contributed by atoms with van der Waals surface area (Å²) in [6.07, 6.45) is 5.78. The molecule has 0 saturated heterocycles. The van der Waals surface area contributed by atoms with Crippen LogP contribution in [0, 0.1) is 6.92 Å². The molecule has 0 atom stereocenters. The van der Waals surface area contributed by atoms with Gasteiger partial charge in [0, 0.05) is 15.9 Å². The van der Waals surface area contributed by atoms with Gasteiger partial charge in [-0.2, -0.15) is 0 Å².